The summed E-state index contributed by atoms with van der Waals surface area (Å²) in [4.78, 5) is 17.7. The Hall–Kier alpha value is -2.47. The second-order valence-electron chi connectivity index (χ2n) is 5.23. The molecule has 0 saturated heterocycles. The molecule has 3 rings (SSSR count). The van der Waals surface area contributed by atoms with Crippen LogP contribution in [0.15, 0.2) is 64.5 Å². The molecule has 23 heavy (non-hydrogen) atoms. The fraction of sp³-hybridized carbons (Fsp3) is 0.176. The standard InChI is InChI=1S/C17H18N4OS/c1-12-11-16(19-14-9-5-6-10-15(14)23-12)20-21-17(22)18-13-7-3-2-4-8-13/h2-10,12H,11H2,1H3,(H,19,20)(H2,18,21,22). The summed E-state index contributed by atoms with van der Waals surface area (Å²) in [5.41, 5.74) is 7.23. The molecule has 0 aromatic heterocycles. The predicted molar refractivity (Wildman–Crippen MR) is 95.2 cm³/mol. The lowest BCUT2D eigenvalue weighted by Gasteiger charge is -2.13. The van der Waals surface area contributed by atoms with Gasteiger partial charge in [-0.15, -0.1) is 11.8 Å². The SMILES string of the molecule is CC1CC(NNC(=O)Nc2ccccc2)=Nc2ccccc2S1. The zero-order chi connectivity index (χ0) is 16.1. The lowest BCUT2D eigenvalue weighted by molar-refractivity contribution is 0.250. The molecule has 2 aromatic rings. The summed E-state index contributed by atoms with van der Waals surface area (Å²) in [6.07, 6.45) is 0.755. The van der Waals surface area contributed by atoms with E-state index >= 15 is 0 Å². The molecule has 1 unspecified atom stereocenters. The summed E-state index contributed by atoms with van der Waals surface area (Å²) in [7, 11) is 0. The fourth-order valence-corrected chi connectivity index (χ4v) is 3.33. The third kappa shape index (κ3) is 4.26. The molecule has 0 aliphatic carbocycles. The molecular weight excluding hydrogens is 308 g/mol. The van der Waals surface area contributed by atoms with Crippen molar-refractivity contribution in [2.75, 3.05) is 5.32 Å². The van der Waals surface area contributed by atoms with Gasteiger partial charge in [0.1, 0.15) is 5.84 Å². The fourth-order valence-electron chi connectivity index (χ4n) is 2.26. The Morgan fingerprint density at radius 3 is 2.70 bits per heavy atom. The summed E-state index contributed by atoms with van der Waals surface area (Å²) in [5.74, 6) is 0.748. The van der Waals surface area contributed by atoms with Crippen LogP contribution in [0.3, 0.4) is 0 Å². The maximum absolute atomic E-state index is 11.9. The Bertz CT molecular complexity index is 718. The molecule has 6 heteroatoms. The van der Waals surface area contributed by atoms with Gasteiger partial charge in [0, 0.05) is 22.3 Å². The van der Waals surface area contributed by atoms with Gasteiger partial charge in [-0.05, 0) is 24.3 Å². The van der Waals surface area contributed by atoms with Crippen LogP contribution in [0.4, 0.5) is 16.2 Å². The number of hydrogen-bond donors (Lipinski definition) is 3. The average molecular weight is 326 g/mol. The molecule has 118 valence electrons. The number of rotatable bonds is 1. The largest absolute Gasteiger partial charge is 0.337 e. The molecule has 1 aliphatic heterocycles. The maximum atomic E-state index is 11.9. The molecule has 0 bridgehead atoms. The topological polar surface area (TPSA) is 65.5 Å². The maximum Gasteiger partial charge on any atom is 0.337 e. The summed E-state index contributed by atoms with van der Waals surface area (Å²) < 4.78 is 0. The first kappa shape index (κ1) is 15.4. The Morgan fingerprint density at radius 2 is 1.87 bits per heavy atom. The number of hydrazine groups is 1. The third-order valence-electron chi connectivity index (χ3n) is 3.28. The first-order valence-electron chi connectivity index (χ1n) is 7.42. The van der Waals surface area contributed by atoms with E-state index in [1.54, 1.807) is 11.8 Å². The van der Waals surface area contributed by atoms with Crippen molar-refractivity contribution < 1.29 is 4.79 Å². The van der Waals surface area contributed by atoms with Crippen LogP contribution in [-0.4, -0.2) is 17.1 Å². The van der Waals surface area contributed by atoms with E-state index in [1.807, 2.05) is 48.5 Å². The van der Waals surface area contributed by atoms with E-state index in [0.29, 0.717) is 5.25 Å². The van der Waals surface area contributed by atoms with Crippen molar-refractivity contribution in [2.45, 2.75) is 23.5 Å². The summed E-state index contributed by atoms with van der Waals surface area (Å²) in [5, 5.41) is 3.13. The first-order valence-corrected chi connectivity index (χ1v) is 8.30. The van der Waals surface area contributed by atoms with Gasteiger partial charge in [-0.1, -0.05) is 37.3 Å². The van der Waals surface area contributed by atoms with Gasteiger partial charge in [0.25, 0.3) is 0 Å². The Balaban J connectivity index is 1.63. The van der Waals surface area contributed by atoms with E-state index in [9.17, 15) is 4.79 Å². The minimum atomic E-state index is -0.322. The second-order valence-corrected chi connectivity index (χ2v) is 6.71. The number of nitrogens with one attached hydrogen (secondary N) is 3. The number of carbonyl (C=O) groups excluding carboxylic acids is 1. The monoisotopic (exact) mass is 326 g/mol. The average Bonchev–Trinajstić information content (AvgIpc) is 2.71. The highest BCUT2D eigenvalue weighted by atomic mass is 32.2. The zero-order valence-corrected chi connectivity index (χ0v) is 13.6. The quantitative estimate of drug-likeness (QED) is 0.696. The molecule has 5 nitrogen and oxygen atoms in total. The lowest BCUT2D eigenvalue weighted by Crippen LogP contribution is -2.44. The van der Waals surface area contributed by atoms with Crippen molar-refractivity contribution in [3.05, 3.63) is 54.6 Å². The first-order chi connectivity index (χ1) is 11.2. The van der Waals surface area contributed by atoms with Crippen LogP contribution < -0.4 is 16.2 Å². The molecule has 1 aliphatic rings. The van der Waals surface area contributed by atoms with Crippen molar-refractivity contribution in [3.63, 3.8) is 0 Å². The van der Waals surface area contributed by atoms with Gasteiger partial charge in [-0.2, -0.15) is 0 Å². The number of benzene rings is 2. The molecule has 0 spiro atoms. The van der Waals surface area contributed by atoms with Crippen LogP contribution in [0.5, 0.6) is 0 Å². The highest BCUT2D eigenvalue weighted by molar-refractivity contribution is 8.00. The van der Waals surface area contributed by atoms with E-state index < -0.39 is 0 Å². The van der Waals surface area contributed by atoms with E-state index in [1.165, 1.54) is 0 Å². The van der Waals surface area contributed by atoms with Crippen molar-refractivity contribution >= 4 is 35.0 Å². The summed E-state index contributed by atoms with van der Waals surface area (Å²) in [6, 6.07) is 17.0. The van der Waals surface area contributed by atoms with E-state index in [4.69, 9.17) is 0 Å². The number of amidine groups is 1. The van der Waals surface area contributed by atoms with Gasteiger partial charge in [-0.25, -0.2) is 9.79 Å². The summed E-state index contributed by atoms with van der Waals surface area (Å²) >= 11 is 1.79. The zero-order valence-electron chi connectivity index (χ0n) is 12.7. The number of amides is 2. The normalized spacial score (nSPS) is 16.6. The molecule has 0 fully saturated rings. The van der Waals surface area contributed by atoms with Gasteiger partial charge >= 0.3 is 6.03 Å². The minimum Gasteiger partial charge on any atom is -0.307 e. The lowest BCUT2D eigenvalue weighted by atomic mass is 10.3. The second kappa shape index (κ2) is 7.19. The third-order valence-corrected chi connectivity index (χ3v) is 4.45. The van der Waals surface area contributed by atoms with Crippen LogP contribution in [-0.2, 0) is 0 Å². The summed E-state index contributed by atoms with van der Waals surface area (Å²) in [6.45, 7) is 2.15. The number of anilines is 1. The number of aliphatic imine (C=N–C) groups is 1. The van der Waals surface area contributed by atoms with Crippen LogP contribution >= 0.6 is 11.8 Å². The van der Waals surface area contributed by atoms with E-state index in [0.717, 1.165) is 28.5 Å². The highest BCUT2D eigenvalue weighted by Crippen LogP contribution is 2.36. The number of hydrogen-bond acceptors (Lipinski definition) is 4. The molecule has 0 saturated carbocycles. The molecule has 3 N–H and O–H groups in total. The Morgan fingerprint density at radius 1 is 1.13 bits per heavy atom. The van der Waals surface area contributed by atoms with Gasteiger partial charge in [-0.3, -0.25) is 10.9 Å². The number of carbonyl (C=O) groups is 1. The number of nitrogens with zero attached hydrogens (tertiary/aromatic N) is 1. The smallest absolute Gasteiger partial charge is 0.307 e. The molecule has 2 aromatic carbocycles. The van der Waals surface area contributed by atoms with Gasteiger partial charge < -0.3 is 5.32 Å². The van der Waals surface area contributed by atoms with Crippen LogP contribution in [0, 0.1) is 0 Å². The highest BCUT2D eigenvalue weighted by Gasteiger charge is 2.16. The van der Waals surface area contributed by atoms with Crippen molar-refractivity contribution in [1.82, 2.24) is 10.9 Å². The molecule has 2 amide bonds. The van der Waals surface area contributed by atoms with E-state index in [-0.39, 0.29) is 6.03 Å². The molecule has 0 radical (unpaired) electrons. The molecular formula is C17H18N4OS. The number of urea groups is 1. The van der Waals surface area contributed by atoms with Crippen LogP contribution in [0.25, 0.3) is 0 Å². The predicted octanol–water partition coefficient (Wildman–Crippen LogP) is 3.93. The van der Waals surface area contributed by atoms with Crippen LogP contribution in [0.1, 0.15) is 13.3 Å². The van der Waals surface area contributed by atoms with Gasteiger partial charge in [0.05, 0.1) is 5.69 Å². The van der Waals surface area contributed by atoms with Crippen molar-refractivity contribution in [1.29, 1.82) is 0 Å². The Kier molecular flexibility index (Phi) is 4.83. The van der Waals surface area contributed by atoms with E-state index in [2.05, 4.69) is 34.2 Å². The minimum absolute atomic E-state index is 0.322. The van der Waals surface area contributed by atoms with Crippen molar-refractivity contribution in [3.8, 4) is 0 Å². The Labute approximate surface area is 139 Å². The van der Waals surface area contributed by atoms with Crippen molar-refractivity contribution in [2.24, 2.45) is 4.99 Å². The number of para-hydroxylation sites is 2. The number of fused-ring (bicyclic) bond motifs is 1. The molecule has 1 atom stereocenters. The molecule has 1 heterocycles. The van der Waals surface area contributed by atoms with Crippen LogP contribution in [0.2, 0.25) is 0 Å². The van der Waals surface area contributed by atoms with Gasteiger partial charge in [0.15, 0.2) is 0 Å². The number of thioether (sulfide) groups is 1. The van der Waals surface area contributed by atoms with Gasteiger partial charge in [0.2, 0.25) is 0 Å².